The molecular formula is C16H22N2O2. The van der Waals surface area contributed by atoms with Crippen LogP contribution in [0.2, 0.25) is 0 Å². The van der Waals surface area contributed by atoms with Gasteiger partial charge in [-0.05, 0) is 42.5 Å². The van der Waals surface area contributed by atoms with Crippen molar-refractivity contribution in [2.75, 3.05) is 6.54 Å². The summed E-state index contributed by atoms with van der Waals surface area (Å²) in [7, 11) is 0. The number of rotatable bonds is 8. The second-order valence-corrected chi connectivity index (χ2v) is 5.80. The Balaban J connectivity index is 2.30. The quantitative estimate of drug-likeness (QED) is 0.715. The average molecular weight is 274 g/mol. The van der Waals surface area contributed by atoms with Gasteiger partial charge in [-0.3, -0.25) is 4.79 Å². The Bertz CT molecular complexity index is 489. The lowest BCUT2D eigenvalue weighted by Crippen LogP contribution is -2.23. The summed E-state index contributed by atoms with van der Waals surface area (Å²) in [5.41, 5.74) is 1.79. The van der Waals surface area contributed by atoms with Gasteiger partial charge in [0.25, 0.3) is 0 Å². The van der Waals surface area contributed by atoms with Gasteiger partial charge in [0.15, 0.2) is 0 Å². The zero-order valence-electron chi connectivity index (χ0n) is 12.1. The molecular weight excluding hydrogens is 252 g/mol. The third-order valence-corrected chi connectivity index (χ3v) is 3.38. The molecule has 0 radical (unpaired) electrons. The van der Waals surface area contributed by atoms with Gasteiger partial charge in [-0.2, -0.15) is 5.26 Å². The molecule has 0 heterocycles. The van der Waals surface area contributed by atoms with Gasteiger partial charge in [0.05, 0.1) is 11.6 Å². The predicted octanol–water partition coefficient (Wildman–Crippen LogP) is 2.93. The van der Waals surface area contributed by atoms with E-state index in [2.05, 4.69) is 25.2 Å². The minimum atomic E-state index is -0.737. The summed E-state index contributed by atoms with van der Waals surface area (Å²) in [6, 6.07) is 9.66. The van der Waals surface area contributed by atoms with Gasteiger partial charge in [-0.1, -0.05) is 26.0 Å². The fourth-order valence-corrected chi connectivity index (χ4v) is 1.98. The number of hydrogen-bond acceptors (Lipinski definition) is 3. The van der Waals surface area contributed by atoms with E-state index in [0.717, 1.165) is 25.1 Å². The largest absolute Gasteiger partial charge is 0.481 e. The number of carbonyl (C=O) groups is 1. The van der Waals surface area contributed by atoms with Crippen LogP contribution in [0.5, 0.6) is 0 Å². The minimum Gasteiger partial charge on any atom is -0.481 e. The highest BCUT2D eigenvalue weighted by molar-refractivity contribution is 5.66. The van der Waals surface area contributed by atoms with Crippen LogP contribution in [0.4, 0.5) is 0 Å². The highest BCUT2D eigenvalue weighted by Crippen LogP contribution is 2.26. The van der Waals surface area contributed by atoms with Gasteiger partial charge in [-0.25, -0.2) is 0 Å². The highest BCUT2D eigenvalue weighted by Gasteiger charge is 2.18. The molecule has 0 unspecified atom stereocenters. The number of aliphatic carboxylic acids is 1. The Kier molecular flexibility index (Phi) is 6.20. The second-order valence-electron chi connectivity index (χ2n) is 5.80. The summed E-state index contributed by atoms with van der Waals surface area (Å²) < 4.78 is 0. The van der Waals surface area contributed by atoms with Gasteiger partial charge in [0, 0.05) is 13.0 Å². The number of benzene rings is 1. The van der Waals surface area contributed by atoms with E-state index in [9.17, 15) is 4.79 Å². The Morgan fingerprint density at radius 1 is 1.40 bits per heavy atom. The summed E-state index contributed by atoms with van der Waals surface area (Å²) in [6.45, 7) is 5.75. The van der Waals surface area contributed by atoms with Crippen molar-refractivity contribution in [3.63, 3.8) is 0 Å². The van der Waals surface area contributed by atoms with Crippen LogP contribution >= 0.6 is 0 Å². The number of hydrogen-bond donors (Lipinski definition) is 2. The van der Waals surface area contributed by atoms with Crippen molar-refractivity contribution in [3.8, 4) is 6.07 Å². The lowest BCUT2D eigenvalue weighted by Gasteiger charge is -2.23. The van der Waals surface area contributed by atoms with Gasteiger partial charge in [0.2, 0.25) is 0 Å². The zero-order valence-corrected chi connectivity index (χ0v) is 12.1. The molecule has 1 rings (SSSR count). The van der Waals surface area contributed by atoms with Crippen LogP contribution in [-0.4, -0.2) is 17.6 Å². The Morgan fingerprint density at radius 2 is 2.15 bits per heavy atom. The standard InChI is InChI=1S/C16H22N2O2/c1-16(2,7-6-15(19)20)8-9-18-12-14-5-3-4-13(10-14)11-17/h3-5,10,18H,6-9,12H2,1-2H3,(H,19,20). The highest BCUT2D eigenvalue weighted by atomic mass is 16.4. The monoisotopic (exact) mass is 274 g/mol. The fourth-order valence-electron chi connectivity index (χ4n) is 1.98. The lowest BCUT2D eigenvalue weighted by molar-refractivity contribution is -0.137. The fraction of sp³-hybridized carbons (Fsp3) is 0.500. The van der Waals surface area contributed by atoms with Gasteiger partial charge in [0.1, 0.15) is 0 Å². The molecule has 4 nitrogen and oxygen atoms in total. The smallest absolute Gasteiger partial charge is 0.303 e. The summed E-state index contributed by atoms with van der Waals surface area (Å²) >= 11 is 0. The maximum absolute atomic E-state index is 10.6. The number of nitriles is 1. The minimum absolute atomic E-state index is 0.0277. The van der Waals surface area contributed by atoms with Crippen LogP contribution in [0.15, 0.2) is 24.3 Å². The SMILES string of the molecule is CC(C)(CCNCc1cccc(C#N)c1)CCC(=O)O. The number of carboxylic acids is 1. The molecule has 1 aromatic carbocycles. The van der Waals surface area contributed by atoms with Crippen LogP contribution in [-0.2, 0) is 11.3 Å². The molecule has 108 valence electrons. The maximum atomic E-state index is 10.6. The molecule has 0 bridgehead atoms. The van der Waals surface area contributed by atoms with E-state index in [0.29, 0.717) is 12.0 Å². The molecule has 0 fully saturated rings. The maximum Gasteiger partial charge on any atom is 0.303 e. The van der Waals surface area contributed by atoms with Crippen LogP contribution in [0.1, 0.15) is 44.2 Å². The van der Waals surface area contributed by atoms with Crippen molar-refractivity contribution in [2.24, 2.45) is 5.41 Å². The zero-order chi connectivity index (χ0) is 15.0. The third kappa shape index (κ3) is 6.35. The summed E-state index contributed by atoms with van der Waals surface area (Å²) in [5.74, 6) is -0.737. The molecule has 0 atom stereocenters. The second kappa shape index (κ2) is 7.66. The molecule has 0 aliphatic heterocycles. The Hall–Kier alpha value is -1.86. The molecule has 0 amide bonds. The van der Waals surface area contributed by atoms with Crippen LogP contribution < -0.4 is 5.32 Å². The molecule has 0 saturated heterocycles. The van der Waals surface area contributed by atoms with Crippen molar-refractivity contribution >= 4 is 5.97 Å². The van der Waals surface area contributed by atoms with Gasteiger partial charge in [-0.15, -0.1) is 0 Å². The molecule has 0 saturated carbocycles. The number of carboxylic acid groups (broad SMARTS) is 1. The molecule has 0 aromatic heterocycles. The first kappa shape index (κ1) is 16.2. The van der Waals surface area contributed by atoms with Gasteiger partial charge < -0.3 is 10.4 Å². The molecule has 0 aliphatic carbocycles. The van der Waals surface area contributed by atoms with E-state index in [1.807, 2.05) is 18.2 Å². The van der Waals surface area contributed by atoms with Crippen LogP contribution in [0.3, 0.4) is 0 Å². The Labute approximate surface area is 120 Å². The van der Waals surface area contributed by atoms with Gasteiger partial charge >= 0.3 is 5.97 Å². The van der Waals surface area contributed by atoms with Crippen molar-refractivity contribution in [2.45, 2.75) is 39.7 Å². The molecule has 20 heavy (non-hydrogen) atoms. The van der Waals surface area contributed by atoms with Crippen molar-refractivity contribution < 1.29 is 9.90 Å². The first-order chi connectivity index (χ1) is 9.43. The first-order valence-corrected chi connectivity index (χ1v) is 6.84. The topological polar surface area (TPSA) is 73.1 Å². The summed E-state index contributed by atoms with van der Waals surface area (Å²) in [6.07, 6.45) is 1.84. The number of nitrogens with one attached hydrogen (secondary N) is 1. The van der Waals surface area contributed by atoms with Crippen LogP contribution in [0, 0.1) is 16.7 Å². The third-order valence-electron chi connectivity index (χ3n) is 3.38. The molecule has 2 N–H and O–H groups in total. The van der Waals surface area contributed by atoms with Crippen molar-refractivity contribution in [3.05, 3.63) is 35.4 Å². The molecule has 0 spiro atoms. The average Bonchev–Trinajstić information content (AvgIpc) is 2.42. The molecule has 0 aliphatic rings. The normalized spacial score (nSPS) is 11.1. The predicted molar refractivity (Wildman–Crippen MR) is 78.1 cm³/mol. The van der Waals surface area contributed by atoms with Crippen LogP contribution in [0.25, 0.3) is 0 Å². The molecule has 4 heteroatoms. The number of nitrogens with zero attached hydrogens (tertiary/aromatic N) is 1. The van der Waals surface area contributed by atoms with Crippen molar-refractivity contribution in [1.29, 1.82) is 5.26 Å². The molecule has 1 aromatic rings. The van der Waals surface area contributed by atoms with E-state index in [4.69, 9.17) is 10.4 Å². The lowest BCUT2D eigenvalue weighted by atomic mass is 9.84. The first-order valence-electron chi connectivity index (χ1n) is 6.84. The van der Waals surface area contributed by atoms with E-state index >= 15 is 0 Å². The van der Waals surface area contributed by atoms with E-state index in [1.54, 1.807) is 6.07 Å². The van der Waals surface area contributed by atoms with E-state index < -0.39 is 5.97 Å². The van der Waals surface area contributed by atoms with E-state index in [-0.39, 0.29) is 11.8 Å². The summed E-state index contributed by atoms with van der Waals surface area (Å²) in [5, 5.41) is 20.9. The van der Waals surface area contributed by atoms with E-state index in [1.165, 1.54) is 0 Å². The summed E-state index contributed by atoms with van der Waals surface area (Å²) in [4.78, 5) is 10.6. The van der Waals surface area contributed by atoms with Crippen molar-refractivity contribution in [1.82, 2.24) is 5.32 Å². The Morgan fingerprint density at radius 3 is 2.80 bits per heavy atom.